The Morgan fingerprint density at radius 2 is 2.00 bits per heavy atom. The van der Waals surface area contributed by atoms with Crippen molar-refractivity contribution in [2.45, 2.75) is 55.8 Å². The molecule has 3 rings (SSSR count). The minimum atomic E-state index is -4.20. The lowest BCUT2D eigenvalue weighted by Crippen LogP contribution is -2.37. The molecule has 2 unspecified atom stereocenters. The summed E-state index contributed by atoms with van der Waals surface area (Å²) in [5.74, 6) is -0.483. The van der Waals surface area contributed by atoms with E-state index in [4.69, 9.17) is 19.5 Å². The van der Waals surface area contributed by atoms with Crippen molar-refractivity contribution in [3.05, 3.63) is 53.1 Å². The first-order valence-corrected chi connectivity index (χ1v) is 13.3. The van der Waals surface area contributed by atoms with E-state index in [9.17, 15) is 23.7 Å². The molecule has 1 aromatic heterocycles. The third kappa shape index (κ3) is 7.05. The molecular formula is C21H28FN4O7PS. The molecule has 6 atom stereocenters. The van der Waals surface area contributed by atoms with E-state index in [2.05, 4.69) is 10.1 Å². The molecule has 0 saturated carbocycles. The average Bonchev–Trinajstić information content (AvgIpc) is 3.06. The summed E-state index contributed by atoms with van der Waals surface area (Å²) in [6, 6.07) is 8.41. The third-order valence-corrected chi connectivity index (χ3v) is 8.03. The van der Waals surface area contributed by atoms with E-state index in [1.807, 2.05) is 0 Å². The number of carbonyl (C=O) groups is 1. The number of nitrogens with zero attached hydrogens (tertiary/aromatic N) is 2. The Morgan fingerprint density at radius 3 is 2.63 bits per heavy atom. The smallest absolute Gasteiger partial charge is 0.459 e. The van der Waals surface area contributed by atoms with Gasteiger partial charge < -0.3 is 20.1 Å². The molecule has 4 N–H and O–H groups in total. The van der Waals surface area contributed by atoms with E-state index in [0.29, 0.717) is 0 Å². The molecule has 0 radical (unpaired) electrons. The maximum atomic E-state index is 14.9. The van der Waals surface area contributed by atoms with Gasteiger partial charge in [-0.2, -0.15) is 10.1 Å². The van der Waals surface area contributed by atoms with Gasteiger partial charge in [-0.1, -0.05) is 18.2 Å². The Hall–Kier alpha value is -2.44. The topological polar surface area (TPSA) is 155 Å². The van der Waals surface area contributed by atoms with Crippen LogP contribution in [0.15, 0.2) is 47.4 Å². The van der Waals surface area contributed by atoms with Crippen LogP contribution in [-0.4, -0.2) is 56.9 Å². The van der Waals surface area contributed by atoms with Crippen LogP contribution in [-0.2, 0) is 18.6 Å². The summed E-state index contributed by atoms with van der Waals surface area (Å²) >= 11 is 0.917. The summed E-state index contributed by atoms with van der Waals surface area (Å²) in [6.07, 6.45) is -2.48. The van der Waals surface area contributed by atoms with Crippen molar-refractivity contribution in [2.24, 2.45) is 0 Å². The minimum absolute atomic E-state index is 0.0136. The molecule has 1 aliphatic heterocycles. The number of rotatable bonds is 10. The molecule has 192 valence electrons. The van der Waals surface area contributed by atoms with E-state index < -0.39 is 61.1 Å². The van der Waals surface area contributed by atoms with Crippen molar-refractivity contribution >= 4 is 31.3 Å². The Bertz CT molecular complexity index is 1120. The quantitative estimate of drug-likeness (QED) is 0.306. The van der Waals surface area contributed by atoms with E-state index in [-0.39, 0.29) is 11.6 Å². The molecule has 2 aromatic rings. The number of thioether (sulfide) groups is 1. The number of nitrogen functional groups attached to an aromatic ring is 1. The standard InChI is InChI=1S/C21H28FN4O7PS/c1-12(2)32-20(28)13(3)25-34(30,33-14-7-5-4-6-8-14)31-11-15-18(27)17(22)19(35-15)26-10-9-16(23)24-21(26)29/h4-10,12-13,15,17-19,27H,11H2,1-3H3,(H,25,30)(H2,23,24,29)/t13-,15?,17-,18+,19+,34?/m0/s1. The van der Waals surface area contributed by atoms with Crippen LogP contribution >= 0.6 is 19.5 Å². The maximum absolute atomic E-state index is 14.9. The van der Waals surface area contributed by atoms with Crippen LogP contribution in [0.5, 0.6) is 5.75 Å². The lowest BCUT2D eigenvalue weighted by atomic mass is 10.1. The number of nitrogens with one attached hydrogen (secondary N) is 1. The highest BCUT2D eigenvalue weighted by Crippen LogP contribution is 2.48. The van der Waals surface area contributed by atoms with Crippen LogP contribution in [0, 0.1) is 0 Å². The molecule has 1 aliphatic rings. The minimum Gasteiger partial charge on any atom is -0.462 e. The fourth-order valence-corrected chi connectivity index (χ4v) is 6.23. The number of para-hydroxylation sites is 1. The second kappa shape index (κ2) is 11.5. The number of halogens is 1. The van der Waals surface area contributed by atoms with Gasteiger partial charge in [-0.3, -0.25) is 13.9 Å². The summed E-state index contributed by atoms with van der Waals surface area (Å²) in [5.41, 5.74) is 4.72. The van der Waals surface area contributed by atoms with Crippen molar-refractivity contribution in [3.8, 4) is 5.75 Å². The lowest BCUT2D eigenvalue weighted by molar-refractivity contribution is -0.149. The summed E-state index contributed by atoms with van der Waals surface area (Å²) in [5, 5.41) is 11.0. The number of aromatic nitrogens is 2. The van der Waals surface area contributed by atoms with Crippen molar-refractivity contribution in [2.75, 3.05) is 12.3 Å². The van der Waals surface area contributed by atoms with Gasteiger partial charge in [0.15, 0.2) is 6.17 Å². The van der Waals surface area contributed by atoms with Gasteiger partial charge in [0, 0.05) is 6.20 Å². The number of hydrogen-bond donors (Lipinski definition) is 3. The molecule has 0 spiro atoms. The predicted octanol–water partition coefficient (Wildman–Crippen LogP) is 2.27. The van der Waals surface area contributed by atoms with Gasteiger partial charge in [0.05, 0.1) is 18.0 Å². The fourth-order valence-electron chi connectivity index (χ4n) is 3.19. The van der Waals surface area contributed by atoms with Crippen LogP contribution in [0.2, 0.25) is 0 Å². The number of esters is 1. The zero-order valence-corrected chi connectivity index (χ0v) is 21.0. The molecule has 2 heterocycles. The largest absolute Gasteiger partial charge is 0.462 e. The Morgan fingerprint density at radius 1 is 1.31 bits per heavy atom. The molecule has 1 fully saturated rings. The Kier molecular flexibility index (Phi) is 8.94. The van der Waals surface area contributed by atoms with Crippen LogP contribution < -0.4 is 21.0 Å². The molecule has 1 saturated heterocycles. The van der Waals surface area contributed by atoms with E-state index in [0.717, 1.165) is 16.3 Å². The SMILES string of the molecule is CC(C)OC(=O)[C@H](C)NP(=O)(OCC1S[C@@H](n2ccc(N)nc2=O)[C@@H](F)[C@@H]1O)Oc1ccccc1. The van der Waals surface area contributed by atoms with Gasteiger partial charge in [-0.25, -0.2) is 13.8 Å². The number of aliphatic hydroxyl groups excluding tert-OH is 1. The van der Waals surface area contributed by atoms with Crippen molar-refractivity contribution in [1.82, 2.24) is 14.6 Å². The predicted molar refractivity (Wildman–Crippen MR) is 129 cm³/mol. The molecule has 1 aromatic carbocycles. The molecule has 35 heavy (non-hydrogen) atoms. The van der Waals surface area contributed by atoms with Crippen LogP contribution in [0.3, 0.4) is 0 Å². The molecular weight excluding hydrogens is 502 g/mol. The monoisotopic (exact) mass is 530 g/mol. The van der Waals surface area contributed by atoms with Crippen molar-refractivity contribution in [1.29, 1.82) is 0 Å². The first-order valence-electron chi connectivity index (χ1n) is 10.8. The highest BCUT2D eigenvalue weighted by molar-refractivity contribution is 8.00. The highest BCUT2D eigenvalue weighted by Gasteiger charge is 2.46. The van der Waals surface area contributed by atoms with E-state index >= 15 is 0 Å². The van der Waals surface area contributed by atoms with Gasteiger partial charge in [-0.05, 0) is 39.0 Å². The third-order valence-electron chi connectivity index (χ3n) is 4.85. The Balaban J connectivity index is 1.75. The number of ether oxygens (including phenoxy) is 1. The number of anilines is 1. The first-order chi connectivity index (χ1) is 16.5. The number of hydrogen-bond acceptors (Lipinski definition) is 10. The van der Waals surface area contributed by atoms with E-state index in [1.165, 1.54) is 19.2 Å². The fraction of sp³-hybridized carbons (Fsp3) is 0.476. The van der Waals surface area contributed by atoms with Crippen LogP contribution in [0.1, 0.15) is 26.1 Å². The van der Waals surface area contributed by atoms with Gasteiger partial charge in [-0.15, -0.1) is 11.8 Å². The highest BCUT2D eigenvalue weighted by atomic mass is 32.2. The number of carbonyl (C=O) groups excluding carboxylic acids is 1. The zero-order valence-electron chi connectivity index (χ0n) is 19.3. The normalized spacial score (nSPS) is 24.6. The summed E-state index contributed by atoms with van der Waals surface area (Å²) < 4.78 is 45.7. The Labute approximate surface area is 205 Å². The lowest BCUT2D eigenvalue weighted by Gasteiger charge is -2.25. The summed E-state index contributed by atoms with van der Waals surface area (Å²) in [7, 11) is -4.20. The molecule has 0 aliphatic carbocycles. The second-order valence-electron chi connectivity index (χ2n) is 8.08. The average molecular weight is 531 g/mol. The van der Waals surface area contributed by atoms with Crippen LogP contribution in [0.25, 0.3) is 0 Å². The first kappa shape index (κ1) is 27.2. The second-order valence-corrected chi connectivity index (χ2v) is 11.1. The summed E-state index contributed by atoms with van der Waals surface area (Å²) in [6.45, 7) is 4.36. The maximum Gasteiger partial charge on any atom is 0.459 e. The summed E-state index contributed by atoms with van der Waals surface area (Å²) in [4.78, 5) is 27.9. The van der Waals surface area contributed by atoms with Crippen LogP contribution in [0.4, 0.5) is 10.2 Å². The number of nitrogens with two attached hydrogens (primary N) is 1. The van der Waals surface area contributed by atoms with Gasteiger partial charge in [0.2, 0.25) is 0 Å². The van der Waals surface area contributed by atoms with Gasteiger partial charge in [0.1, 0.15) is 29.1 Å². The number of benzene rings is 1. The number of alkyl halides is 1. The zero-order chi connectivity index (χ0) is 25.8. The molecule has 0 bridgehead atoms. The molecule has 0 amide bonds. The van der Waals surface area contributed by atoms with Gasteiger partial charge in [0.25, 0.3) is 0 Å². The molecule has 14 heteroatoms. The van der Waals surface area contributed by atoms with Gasteiger partial charge >= 0.3 is 19.4 Å². The van der Waals surface area contributed by atoms with Crippen molar-refractivity contribution in [3.63, 3.8) is 0 Å². The molecule has 11 nitrogen and oxygen atoms in total. The van der Waals surface area contributed by atoms with E-state index in [1.54, 1.807) is 44.2 Å². The number of aliphatic hydroxyl groups is 1. The van der Waals surface area contributed by atoms with Crippen molar-refractivity contribution < 1.29 is 32.6 Å².